The van der Waals surface area contributed by atoms with Crippen molar-refractivity contribution in [3.8, 4) is 16.9 Å². The summed E-state index contributed by atoms with van der Waals surface area (Å²) in [7, 11) is 0. The van der Waals surface area contributed by atoms with Gasteiger partial charge in [-0.15, -0.1) is 11.3 Å². The van der Waals surface area contributed by atoms with Gasteiger partial charge >= 0.3 is 0 Å². The number of benzene rings is 2. The third-order valence-electron chi connectivity index (χ3n) is 9.72. The van der Waals surface area contributed by atoms with Crippen molar-refractivity contribution >= 4 is 17.2 Å². The maximum Gasteiger partial charge on any atom is 0.267 e. The molecule has 0 unspecified atom stereocenters. The monoisotopic (exact) mass is 587 g/mol. The van der Waals surface area contributed by atoms with E-state index in [0.717, 1.165) is 51.5 Å². The number of thiophene rings is 1. The van der Waals surface area contributed by atoms with Gasteiger partial charge in [-0.05, 0) is 81.5 Å². The van der Waals surface area contributed by atoms with E-state index in [9.17, 15) is 9.90 Å². The molecule has 2 saturated heterocycles. The number of aryl methyl sites for hydroxylation is 2. The Hall–Kier alpha value is -2.67. The van der Waals surface area contributed by atoms with Crippen LogP contribution in [0.15, 0.2) is 53.9 Å². The first-order chi connectivity index (χ1) is 20.0. The van der Waals surface area contributed by atoms with E-state index >= 15 is 0 Å². The molecule has 2 aliphatic heterocycles. The summed E-state index contributed by atoms with van der Waals surface area (Å²) in [6, 6.07) is 18.3. The van der Waals surface area contributed by atoms with Gasteiger partial charge in [-0.25, -0.2) is 0 Å². The zero-order valence-corrected chi connectivity index (χ0v) is 27.2. The average molecular weight is 588 g/mol. The van der Waals surface area contributed by atoms with Crippen molar-refractivity contribution in [3.05, 3.63) is 75.5 Å². The molecule has 3 aromatic rings. The molecule has 6 rings (SSSR count). The predicted molar refractivity (Wildman–Crippen MR) is 175 cm³/mol. The molecule has 6 heteroatoms. The van der Waals surface area contributed by atoms with Crippen LogP contribution in [0.4, 0.5) is 0 Å². The Bertz CT molecular complexity index is 1330. The lowest BCUT2D eigenvalue weighted by molar-refractivity contribution is -0.0277. The minimum Gasteiger partial charge on any atom is -0.506 e. The topological polar surface area (TPSA) is 47.0 Å². The number of nitrogens with zero attached hydrogens (tertiary/aromatic N) is 3. The Morgan fingerprint density at radius 2 is 1.55 bits per heavy atom. The summed E-state index contributed by atoms with van der Waals surface area (Å²) in [6.45, 7) is 18.3. The maximum atomic E-state index is 12.9. The van der Waals surface area contributed by atoms with Crippen molar-refractivity contribution < 1.29 is 9.90 Å². The van der Waals surface area contributed by atoms with Crippen LogP contribution in [-0.4, -0.2) is 70.0 Å². The third-order valence-corrected chi connectivity index (χ3v) is 10.6. The summed E-state index contributed by atoms with van der Waals surface area (Å²) < 4.78 is 0. The van der Waals surface area contributed by atoms with Crippen LogP contribution in [0, 0.1) is 19.8 Å². The SMILES string of the molecule is CC1CC1.Cc1cc(C)cc(-c2ccc([C@H](C)N3CCN(C4(C)CCN(C(=O)c5sccc5O)CC4)C[C@H]3C)cc2)c1. The second kappa shape index (κ2) is 12.9. The highest BCUT2D eigenvalue weighted by molar-refractivity contribution is 7.12. The van der Waals surface area contributed by atoms with Gasteiger partial charge in [0, 0.05) is 50.3 Å². The molecule has 5 nitrogen and oxygen atoms in total. The van der Waals surface area contributed by atoms with Gasteiger partial charge in [0.1, 0.15) is 10.6 Å². The molecule has 226 valence electrons. The molecule has 1 aromatic heterocycles. The Labute approximate surface area is 257 Å². The molecule has 3 heterocycles. The van der Waals surface area contributed by atoms with E-state index < -0.39 is 0 Å². The number of piperidine rings is 1. The summed E-state index contributed by atoms with van der Waals surface area (Å²) in [4.78, 5) is 20.5. The zero-order valence-electron chi connectivity index (χ0n) is 26.4. The van der Waals surface area contributed by atoms with Crippen molar-refractivity contribution in [2.45, 2.75) is 84.8 Å². The van der Waals surface area contributed by atoms with Crippen LogP contribution in [0.25, 0.3) is 11.1 Å². The molecule has 1 aliphatic carbocycles. The van der Waals surface area contributed by atoms with Crippen LogP contribution >= 0.6 is 11.3 Å². The first kappa shape index (κ1) is 30.8. The number of hydrogen-bond acceptors (Lipinski definition) is 5. The number of amides is 1. The van der Waals surface area contributed by atoms with E-state index in [-0.39, 0.29) is 17.2 Å². The van der Waals surface area contributed by atoms with Crippen LogP contribution in [0.3, 0.4) is 0 Å². The van der Waals surface area contributed by atoms with E-state index in [1.807, 2.05) is 4.90 Å². The van der Waals surface area contributed by atoms with Gasteiger partial charge in [0.05, 0.1) is 0 Å². The molecular formula is C36H49N3O2S. The Morgan fingerprint density at radius 3 is 2.07 bits per heavy atom. The second-order valence-electron chi connectivity index (χ2n) is 13.3. The number of aromatic hydroxyl groups is 1. The number of rotatable bonds is 5. The van der Waals surface area contributed by atoms with E-state index in [4.69, 9.17) is 0 Å². The number of carbonyl (C=O) groups is 1. The van der Waals surface area contributed by atoms with E-state index in [1.54, 1.807) is 11.4 Å². The highest BCUT2D eigenvalue weighted by Crippen LogP contribution is 2.35. The van der Waals surface area contributed by atoms with Gasteiger partial charge in [-0.1, -0.05) is 73.4 Å². The van der Waals surface area contributed by atoms with Crippen LogP contribution in [-0.2, 0) is 0 Å². The molecule has 1 saturated carbocycles. The summed E-state index contributed by atoms with van der Waals surface area (Å²) in [5.74, 6) is 1.16. The molecule has 2 aromatic carbocycles. The molecule has 0 spiro atoms. The fourth-order valence-corrected chi connectivity index (χ4v) is 7.36. The van der Waals surface area contributed by atoms with Gasteiger partial charge in [-0.2, -0.15) is 0 Å². The first-order valence-electron chi connectivity index (χ1n) is 15.8. The third kappa shape index (κ3) is 7.10. The van der Waals surface area contributed by atoms with Gasteiger partial charge < -0.3 is 10.0 Å². The molecule has 0 radical (unpaired) electrons. The minimum atomic E-state index is -0.0323. The highest BCUT2D eigenvalue weighted by Gasteiger charge is 2.41. The van der Waals surface area contributed by atoms with Crippen LogP contribution < -0.4 is 0 Å². The van der Waals surface area contributed by atoms with Crippen LogP contribution in [0.1, 0.15) is 85.8 Å². The Balaban J connectivity index is 0.000000813. The number of carbonyl (C=O) groups excluding carboxylic acids is 1. The van der Waals surface area contributed by atoms with Crippen molar-refractivity contribution in [1.82, 2.24) is 14.7 Å². The number of likely N-dealkylation sites (tertiary alicyclic amines) is 1. The summed E-state index contributed by atoms with van der Waals surface area (Å²) >= 11 is 1.32. The normalized spacial score (nSPS) is 21.9. The second-order valence-corrected chi connectivity index (χ2v) is 14.2. The van der Waals surface area contributed by atoms with Crippen LogP contribution in [0.5, 0.6) is 5.75 Å². The molecule has 3 aliphatic rings. The molecule has 2 atom stereocenters. The number of hydrogen-bond donors (Lipinski definition) is 1. The van der Waals surface area contributed by atoms with Gasteiger partial charge in [0.2, 0.25) is 0 Å². The van der Waals surface area contributed by atoms with Crippen molar-refractivity contribution in [2.75, 3.05) is 32.7 Å². The zero-order chi connectivity index (χ0) is 30.0. The van der Waals surface area contributed by atoms with Crippen molar-refractivity contribution in [2.24, 2.45) is 5.92 Å². The van der Waals surface area contributed by atoms with Gasteiger partial charge in [0.15, 0.2) is 0 Å². The molecular weight excluding hydrogens is 538 g/mol. The average Bonchev–Trinajstić information content (AvgIpc) is 3.64. The molecule has 1 amide bonds. The lowest BCUT2D eigenvalue weighted by Crippen LogP contribution is -2.62. The smallest absolute Gasteiger partial charge is 0.267 e. The lowest BCUT2D eigenvalue weighted by Gasteiger charge is -2.52. The van der Waals surface area contributed by atoms with E-state index in [2.05, 4.69) is 93.8 Å². The largest absolute Gasteiger partial charge is 0.506 e. The maximum absolute atomic E-state index is 12.9. The Morgan fingerprint density at radius 1 is 0.929 bits per heavy atom. The summed E-state index contributed by atoms with van der Waals surface area (Å²) in [5, 5.41) is 11.8. The van der Waals surface area contributed by atoms with Crippen molar-refractivity contribution in [3.63, 3.8) is 0 Å². The van der Waals surface area contributed by atoms with E-state index in [1.165, 1.54) is 52.0 Å². The fourth-order valence-electron chi connectivity index (χ4n) is 6.60. The summed E-state index contributed by atoms with van der Waals surface area (Å²) in [6.07, 6.45) is 4.90. The fraction of sp³-hybridized carbons (Fsp3) is 0.528. The quantitative estimate of drug-likeness (QED) is 0.329. The molecule has 0 bridgehead atoms. The standard InChI is InChI=1S/C32H41N3O2S.C4H8/c1-22-18-23(2)20-28(19-22)27-8-6-26(7-9-27)25(4)35-16-15-34(21-24(35)3)32(5)11-13-33(14-12-32)31(37)30-29(36)10-17-38-30;1-4-2-3-4/h6-10,17-20,24-25,36H,11-16,21H2,1-5H3;4H,2-3H2,1H3/t24-,25+;/m1./s1. The predicted octanol–water partition coefficient (Wildman–Crippen LogP) is 7.92. The lowest BCUT2D eigenvalue weighted by atomic mass is 9.86. The van der Waals surface area contributed by atoms with Crippen molar-refractivity contribution in [1.29, 1.82) is 0 Å². The van der Waals surface area contributed by atoms with Crippen LogP contribution in [0.2, 0.25) is 0 Å². The van der Waals surface area contributed by atoms with Gasteiger partial charge in [-0.3, -0.25) is 14.6 Å². The highest BCUT2D eigenvalue weighted by atomic mass is 32.1. The number of piperazine rings is 1. The molecule has 1 N–H and O–H groups in total. The molecule has 42 heavy (non-hydrogen) atoms. The molecule has 3 fully saturated rings. The minimum absolute atomic E-state index is 0.0323. The van der Waals surface area contributed by atoms with Gasteiger partial charge in [0.25, 0.3) is 5.91 Å². The first-order valence-corrected chi connectivity index (χ1v) is 16.7. The Kier molecular flexibility index (Phi) is 9.46. The van der Waals surface area contributed by atoms with E-state index in [0.29, 0.717) is 17.0 Å². The summed E-state index contributed by atoms with van der Waals surface area (Å²) in [5.41, 5.74) is 6.64.